The number of hydrogen-bond donors (Lipinski definition) is 0. The summed E-state index contributed by atoms with van der Waals surface area (Å²) in [4.78, 5) is 43.8. The molecule has 180 valence electrons. The van der Waals surface area contributed by atoms with Crippen LogP contribution in [0.5, 0.6) is 0 Å². The third-order valence-electron chi connectivity index (χ3n) is 3.40. The van der Waals surface area contributed by atoms with Gasteiger partial charge in [-0.1, -0.05) is 26.3 Å². The summed E-state index contributed by atoms with van der Waals surface area (Å²) in [5, 5.41) is 0. The lowest BCUT2D eigenvalue weighted by Crippen LogP contribution is -2.09. The largest absolute Gasteiger partial charge is 0.462 e. The summed E-state index contributed by atoms with van der Waals surface area (Å²) in [6, 6.07) is 0. The lowest BCUT2D eigenvalue weighted by atomic mass is 10.3. The number of carbonyl (C=O) groups excluding carboxylic acids is 4. The summed E-state index contributed by atoms with van der Waals surface area (Å²) < 4.78 is 19.4. The zero-order valence-corrected chi connectivity index (χ0v) is 19.8. The van der Waals surface area contributed by atoms with Crippen LogP contribution in [0.25, 0.3) is 0 Å². The maximum Gasteiger partial charge on any atom is 0.333 e. The van der Waals surface area contributed by atoms with Crippen LogP contribution in [-0.4, -0.2) is 50.3 Å². The molecule has 0 heterocycles. The molecule has 0 aromatic rings. The fourth-order valence-corrected chi connectivity index (χ4v) is 1.56. The van der Waals surface area contributed by atoms with Gasteiger partial charge in [-0.2, -0.15) is 0 Å². The quantitative estimate of drug-likeness (QED) is 0.168. The summed E-state index contributed by atoms with van der Waals surface area (Å²) in [6.07, 6.45) is 2.62. The van der Waals surface area contributed by atoms with E-state index in [2.05, 4.69) is 26.3 Å². The molecule has 0 spiro atoms. The molecule has 0 saturated heterocycles. The Hall–Kier alpha value is -3.16. The highest BCUT2D eigenvalue weighted by molar-refractivity contribution is 5.88. The molecule has 0 fully saturated rings. The highest BCUT2D eigenvalue weighted by atomic mass is 16.5. The summed E-state index contributed by atoms with van der Waals surface area (Å²) in [5.41, 5.74) is 1.53. The van der Waals surface area contributed by atoms with Gasteiger partial charge in [0.05, 0.1) is 26.4 Å². The Morgan fingerprint density at radius 3 is 0.719 bits per heavy atom. The van der Waals surface area contributed by atoms with E-state index < -0.39 is 0 Å². The van der Waals surface area contributed by atoms with E-state index in [4.69, 9.17) is 18.9 Å². The van der Waals surface area contributed by atoms with Crippen LogP contribution in [0.2, 0.25) is 0 Å². The van der Waals surface area contributed by atoms with Crippen LogP contribution in [0.4, 0.5) is 0 Å². The molecule has 8 nitrogen and oxygen atoms in total. The van der Waals surface area contributed by atoms with E-state index in [1.54, 1.807) is 27.7 Å². The highest BCUT2D eigenvalue weighted by Gasteiger charge is 2.05. The smallest absolute Gasteiger partial charge is 0.333 e. The molecule has 0 atom stereocenters. The van der Waals surface area contributed by atoms with E-state index in [1.807, 2.05) is 0 Å². The van der Waals surface area contributed by atoms with E-state index in [1.165, 1.54) is 0 Å². The first-order chi connectivity index (χ1) is 14.9. The zero-order chi connectivity index (χ0) is 25.1. The minimum absolute atomic E-state index is 0.316. The first-order valence-corrected chi connectivity index (χ1v) is 10.2. The molecule has 0 aromatic carbocycles. The summed E-state index contributed by atoms with van der Waals surface area (Å²) in [5.74, 6) is -1.56. The molecule has 0 aliphatic carbocycles. The van der Waals surface area contributed by atoms with Crippen LogP contribution >= 0.6 is 0 Å². The van der Waals surface area contributed by atoms with E-state index >= 15 is 0 Å². The van der Waals surface area contributed by atoms with Gasteiger partial charge in [0, 0.05) is 22.3 Å². The summed E-state index contributed by atoms with van der Waals surface area (Å²) in [6.45, 7) is 21.5. The second-order valence-electron chi connectivity index (χ2n) is 7.08. The van der Waals surface area contributed by atoms with Crippen LogP contribution in [0.3, 0.4) is 0 Å². The van der Waals surface area contributed by atoms with Gasteiger partial charge < -0.3 is 18.9 Å². The van der Waals surface area contributed by atoms with Crippen LogP contribution in [0, 0.1) is 0 Å². The van der Waals surface area contributed by atoms with Crippen LogP contribution in [-0.2, 0) is 38.1 Å². The minimum atomic E-state index is -0.390. The maximum absolute atomic E-state index is 11.0. The number of ether oxygens (including phenoxy) is 4. The van der Waals surface area contributed by atoms with E-state index in [0.717, 1.165) is 0 Å². The van der Waals surface area contributed by atoms with Crippen molar-refractivity contribution < 1.29 is 38.1 Å². The highest BCUT2D eigenvalue weighted by Crippen LogP contribution is 1.99. The second kappa shape index (κ2) is 18.6. The Balaban J connectivity index is 0. The molecule has 0 bridgehead atoms. The van der Waals surface area contributed by atoms with Crippen molar-refractivity contribution in [2.75, 3.05) is 26.4 Å². The molecule has 0 unspecified atom stereocenters. The Labute approximate surface area is 190 Å². The predicted molar refractivity (Wildman–Crippen MR) is 122 cm³/mol. The zero-order valence-electron chi connectivity index (χ0n) is 19.8. The van der Waals surface area contributed by atoms with Crippen molar-refractivity contribution in [3.8, 4) is 0 Å². The van der Waals surface area contributed by atoms with Gasteiger partial charge in [-0.3, -0.25) is 0 Å². The van der Waals surface area contributed by atoms with Crippen molar-refractivity contribution in [2.24, 2.45) is 0 Å². The molecule has 0 rings (SSSR count). The van der Waals surface area contributed by atoms with Crippen LogP contribution in [0.1, 0.15) is 53.4 Å². The molecular formula is C24H36O8. The Bertz CT molecular complexity index is 583. The van der Waals surface area contributed by atoms with Gasteiger partial charge in [0.1, 0.15) is 0 Å². The molecule has 0 aromatic heterocycles. The predicted octanol–water partition coefficient (Wildman–Crippen LogP) is 4.01. The van der Waals surface area contributed by atoms with Gasteiger partial charge in [0.15, 0.2) is 0 Å². The first-order valence-electron chi connectivity index (χ1n) is 10.2. The van der Waals surface area contributed by atoms with Gasteiger partial charge in [-0.05, 0) is 53.4 Å². The third kappa shape index (κ3) is 18.8. The maximum atomic E-state index is 11.0. The van der Waals surface area contributed by atoms with Gasteiger partial charge in [0.2, 0.25) is 0 Å². The van der Waals surface area contributed by atoms with Crippen molar-refractivity contribution in [1.29, 1.82) is 0 Å². The molecule has 0 saturated carbocycles. The minimum Gasteiger partial charge on any atom is -0.462 e. The average molecular weight is 453 g/mol. The fourth-order valence-electron chi connectivity index (χ4n) is 1.56. The lowest BCUT2D eigenvalue weighted by Gasteiger charge is -2.05. The third-order valence-corrected chi connectivity index (χ3v) is 3.40. The lowest BCUT2D eigenvalue weighted by molar-refractivity contribution is -0.141. The molecular weight excluding hydrogens is 416 g/mol. The van der Waals surface area contributed by atoms with Crippen molar-refractivity contribution in [3.05, 3.63) is 48.6 Å². The normalized spacial score (nSPS) is 9.38. The first kappa shape index (κ1) is 31.0. The Morgan fingerprint density at radius 2 is 0.594 bits per heavy atom. The van der Waals surface area contributed by atoms with Crippen LogP contribution in [0.15, 0.2) is 48.6 Å². The van der Waals surface area contributed by atoms with Gasteiger partial charge in [-0.25, -0.2) is 19.2 Å². The monoisotopic (exact) mass is 452 g/mol. The number of carbonyl (C=O) groups is 4. The molecule has 0 aliphatic heterocycles. The van der Waals surface area contributed by atoms with Crippen molar-refractivity contribution in [1.82, 2.24) is 0 Å². The van der Waals surface area contributed by atoms with Gasteiger partial charge >= 0.3 is 23.9 Å². The number of rotatable bonds is 14. The molecule has 0 amide bonds. The van der Waals surface area contributed by atoms with E-state index in [0.29, 0.717) is 74.4 Å². The van der Waals surface area contributed by atoms with Gasteiger partial charge in [0.25, 0.3) is 0 Å². The topological polar surface area (TPSA) is 105 Å². The van der Waals surface area contributed by atoms with Crippen molar-refractivity contribution >= 4 is 23.9 Å². The molecule has 0 N–H and O–H groups in total. The summed E-state index contributed by atoms with van der Waals surface area (Å²) >= 11 is 0. The van der Waals surface area contributed by atoms with Crippen LogP contribution < -0.4 is 0 Å². The van der Waals surface area contributed by atoms with Gasteiger partial charge in [-0.15, -0.1) is 0 Å². The Morgan fingerprint density at radius 1 is 0.438 bits per heavy atom. The second-order valence-corrected chi connectivity index (χ2v) is 7.08. The van der Waals surface area contributed by atoms with Crippen molar-refractivity contribution in [3.63, 3.8) is 0 Å². The molecule has 0 aliphatic rings. The molecule has 32 heavy (non-hydrogen) atoms. The molecule has 8 heteroatoms. The average Bonchev–Trinajstić information content (AvgIpc) is 2.72. The van der Waals surface area contributed by atoms with Crippen molar-refractivity contribution in [2.45, 2.75) is 53.4 Å². The number of esters is 4. The summed E-state index contributed by atoms with van der Waals surface area (Å²) in [7, 11) is 0. The standard InChI is InChI=1S/2C12H18O4/c2*1-9(2)11(13)15-7-5-6-8-16-12(14)10(3)4/h2*1,3,5-8H2,2,4H3. The SMILES string of the molecule is C=C(C)C(=O)OCCCCOC(=O)C(=C)C.C=C(C)C(=O)OCCCCOC(=O)C(=C)C. The van der Waals surface area contributed by atoms with E-state index in [9.17, 15) is 19.2 Å². The Kier molecular flexibility index (Phi) is 18.0. The fraction of sp³-hybridized carbons (Fsp3) is 0.500. The molecule has 0 radical (unpaired) electrons. The number of unbranched alkanes of at least 4 members (excludes halogenated alkanes) is 2. The van der Waals surface area contributed by atoms with E-state index in [-0.39, 0.29) is 23.9 Å². The number of hydrogen-bond acceptors (Lipinski definition) is 8.